The van der Waals surface area contributed by atoms with Gasteiger partial charge in [-0.15, -0.1) is 0 Å². The van der Waals surface area contributed by atoms with E-state index < -0.39 is 23.7 Å². The van der Waals surface area contributed by atoms with E-state index in [-0.39, 0.29) is 0 Å². The van der Waals surface area contributed by atoms with Crippen LogP contribution >= 0.6 is 0 Å². The van der Waals surface area contributed by atoms with Crippen molar-refractivity contribution in [3.05, 3.63) is 34.9 Å². The molecule has 0 fully saturated rings. The number of benzene rings is 1. The van der Waals surface area contributed by atoms with Crippen LogP contribution in [0.25, 0.3) is 0 Å². The summed E-state index contributed by atoms with van der Waals surface area (Å²) in [5.41, 5.74) is 2.27. The van der Waals surface area contributed by atoms with Gasteiger partial charge in [0, 0.05) is 6.54 Å². The summed E-state index contributed by atoms with van der Waals surface area (Å²) >= 11 is 0. The highest BCUT2D eigenvalue weighted by atomic mass is 16.6. The molecule has 1 aliphatic rings. The minimum atomic E-state index is -1.03. The lowest BCUT2D eigenvalue weighted by Gasteiger charge is -2.36. The van der Waals surface area contributed by atoms with Crippen molar-refractivity contribution in [2.45, 2.75) is 58.6 Å². The third-order valence-electron chi connectivity index (χ3n) is 3.84. The Kier molecular flexibility index (Phi) is 4.97. The molecule has 1 amide bonds. The number of fused-ring (bicyclic) bond motifs is 1. The number of hydrogen-bond donors (Lipinski definition) is 1. The fourth-order valence-corrected chi connectivity index (χ4v) is 2.91. The quantitative estimate of drug-likeness (QED) is 0.925. The van der Waals surface area contributed by atoms with Gasteiger partial charge in [0.15, 0.2) is 6.04 Å². The molecule has 0 bridgehead atoms. The van der Waals surface area contributed by atoms with Crippen LogP contribution in [0.2, 0.25) is 0 Å². The van der Waals surface area contributed by atoms with Gasteiger partial charge in [0.1, 0.15) is 5.60 Å². The number of carboxylic acid groups (broad SMARTS) is 1. The van der Waals surface area contributed by atoms with Gasteiger partial charge in [-0.1, -0.05) is 31.5 Å². The Morgan fingerprint density at radius 3 is 2.61 bits per heavy atom. The Morgan fingerprint density at radius 2 is 2.04 bits per heavy atom. The average molecular weight is 319 g/mol. The number of amides is 1. The number of aryl methyl sites for hydroxylation is 1. The van der Waals surface area contributed by atoms with Gasteiger partial charge in [-0.05, 0) is 50.3 Å². The number of hydrogen-bond acceptors (Lipinski definition) is 3. The summed E-state index contributed by atoms with van der Waals surface area (Å²) in [4.78, 5) is 25.4. The fourth-order valence-electron chi connectivity index (χ4n) is 2.91. The van der Waals surface area contributed by atoms with E-state index in [2.05, 4.69) is 13.0 Å². The second-order valence-electron chi connectivity index (χ2n) is 6.95. The highest BCUT2D eigenvalue weighted by Gasteiger charge is 2.38. The van der Waals surface area contributed by atoms with Gasteiger partial charge in [0.05, 0.1) is 0 Å². The maximum atomic E-state index is 12.3. The van der Waals surface area contributed by atoms with Crippen molar-refractivity contribution in [1.29, 1.82) is 0 Å². The van der Waals surface area contributed by atoms with E-state index in [1.165, 1.54) is 10.5 Å². The Hall–Kier alpha value is -2.04. The van der Waals surface area contributed by atoms with Crippen LogP contribution in [-0.2, 0) is 22.4 Å². The molecule has 1 aromatic carbocycles. The standard InChI is InChI=1S/C18H25NO4/c1-5-6-12-7-8-14-13(11-12)9-10-19(15(14)16(20)21)17(22)23-18(2,3)4/h7-8,11,15H,5-6,9-10H2,1-4H3,(H,20,21). The summed E-state index contributed by atoms with van der Waals surface area (Å²) in [6, 6.07) is 4.89. The van der Waals surface area contributed by atoms with Crippen LogP contribution in [0, 0.1) is 0 Å². The number of ether oxygens (including phenoxy) is 1. The van der Waals surface area contributed by atoms with Crippen LogP contribution in [0.1, 0.15) is 56.8 Å². The summed E-state index contributed by atoms with van der Waals surface area (Å²) in [5, 5.41) is 9.63. The molecule has 0 radical (unpaired) electrons. The summed E-state index contributed by atoms with van der Waals surface area (Å²) in [7, 11) is 0. The van der Waals surface area contributed by atoms with E-state index in [1.54, 1.807) is 20.8 Å². The SMILES string of the molecule is CCCc1ccc2c(c1)CCN(C(=O)OC(C)(C)C)C2C(=O)O. The number of carbonyl (C=O) groups is 2. The van der Waals surface area contributed by atoms with Crippen molar-refractivity contribution in [3.63, 3.8) is 0 Å². The van der Waals surface area contributed by atoms with Gasteiger partial charge in [0.2, 0.25) is 0 Å². The third kappa shape index (κ3) is 4.03. The summed E-state index contributed by atoms with van der Waals surface area (Å²) in [6.07, 6.45) is 2.09. The molecule has 0 saturated heterocycles. The monoisotopic (exact) mass is 319 g/mol. The second-order valence-corrected chi connectivity index (χ2v) is 6.95. The van der Waals surface area contributed by atoms with Crippen LogP contribution in [0.5, 0.6) is 0 Å². The molecule has 0 aliphatic carbocycles. The molecule has 126 valence electrons. The number of aliphatic carboxylic acids is 1. The predicted octanol–water partition coefficient (Wildman–Crippen LogP) is 3.56. The molecule has 0 aromatic heterocycles. The van der Waals surface area contributed by atoms with Crippen LogP contribution < -0.4 is 0 Å². The first-order valence-electron chi connectivity index (χ1n) is 8.07. The minimum Gasteiger partial charge on any atom is -0.479 e. The lowest BCUT2D eigenvalue weighted by molar-refractivity contribution is -0.143. The van der Waals surface area contributed by atoms with Crippen LogP contribution in [0.4, 0.5) is 4.79 Å². The highest BCUT2D eigenvalue weighted by Crippen LogP contribution is 2.32. The van der Waals surface area contributed by atoms with Crippen molar-refractivity contribution in [2.75, 3.05) is 6.54 Å². The zero-order valence-electron chi connectivity index (χ0n) is 14.3. The van der Waals surface area contributed by atoms with E-state index in [4.69, 9.17) is 4.74 Å². The Morgan fingerprint density at radius 1 is 1.35 bits per heavy atom. The normalized spacial score (nSPS) is 17.6. The molecule has 0 spiro atoms. The predicted molar refractivity (Wildman–Crippen MR) is 87.5 cm³/mol. The smallest absolute Gasteiger partial charge is 0.411 e. The van der Waals surface area contributed by atoms with Crippen molar-refractivity contribution in [1.82, 2.24) is 4.90 Å². The molecule has 1 N–H and O–H groups in total. The van der Waals surface area contributed by atoms with Crippen molar-refractivity contribution in [3.8, 4) is 0 Å². The second kappa shape index (κ2) is 6.60. The molecule has 1 heterocycles. The third-order valence-corrected chi connectivity index (χ3v) is 3.84. The molecular formula is C18H25NO4. The Bertz CT molecular complexity index is 604. The number of rotatable bonds is 3. The molecule has 1 aliphatic heterocycles. The van der Waals surface area contributed by atoms with Gasteiger partial charge in [-0.3, -0.25) is 4.90 Å². The first kappa shape index (κ1) is 17.3. The van der Waals surface area contributed by atoms with Crippen molar-refractivity contribution >= 4 is 12.1 Å². The van der Waals surface area contributed by atoms with Crippen LogP contribution in [0.3, 0.4) is 0 Å². The first-order valence-corrected chi connectivity index (χ1v) is 8.07. The number of carbonyl (C=O) groups excluding carboxylic acids is 1. The zero-order chi connectivity index (χ0) is 17.2. The van der Waals surface area contributed by atoms with Gasteiger partial charge in [-0.25, -0.2) is 9.59 Å². The topological polar surface area (TPSA) is 66.8 Å². The van der Waals surface area contributed by atoms with Crippen molar-refractivity contribution in [2.24, 2.45) is 0 Å². The molecule has 2 rings (SSSR count). The molecule has 1 atom stereocenters. The first-order chi connectivity index (χ1) is 10.7. The Balaban J connectivity index is 2.32. The van der Waals surface area contributed by atoms with Gasteiger partial charge < -0.3 is 9.84 Å². The highest BCUT2D eigenvalue weighted by molar-refractivity contribution is 5.82. The molecule has 23 heavy (non-hydrogen) atoms. The molecule has 0 saturated carbocycles. The number of nitrogens with zero attached hydrogens (tertiary/aromatic N) is 1. The average Bonchev–Trinajstić information content (AvgIpc) is 2.44. The molecule has 1 aromatic rings. The molecule has 5 heteroatoms. The van der Waals surface area contributed by atoms with Gasteiger partial charge >= 0.3 is 12.1 Å². The number of carboxylic acids is 1. The zero-order valence-corrected chi connectivity index (χ0v) is 14.3. The van der Waals surface area contributed by atoms with Gasteiger partial charge in [-0.2, -0.15) is 0 Å². The molecular weight excluding hydrogens is 294 g/mol. The summed E-state index contributed by atoms with van der Waals surface area (Å²) in [6.45, 7) is 7.79. The summed E-state index contributed by atoms with van der Waals surface area (Å²) in [5.74, 6) is -1.03. The van der Waals surface area contributed by atoms with Gasteiger partial charge in [0.25, 0.3) is 0 Å². The fraction of sp³-hybridized carbons (Fsp3) is 0.556. The Labute approximate surface area is 137 Å². The molecule has 5 nitrogen and oxygen atoms in total. The maximum absolute atomic E-state index is 12.3. The van der Waals surface area contributed by atoms with Crippen molar-refractivity contribution < 1.29 is 19.4 Å². The minimum absolute atomic E-state index is 0.356. The molecule has 1 unspecified atom stereocenters. The van der Waals surface area contributed by atoms with E-state index in [9.17, 15) is 14.7 Å². The van der Waals surface area contributed by atoms with E-state index in [0.29, 0.717) is 18.5 Å². The lowest BCUT2D eigenvalue weighted by atomic mass is 9.90. The lowest BCUT2D eigenvalue weighted by Crippen LogP contribution is -2.45. The van der Waals surface area contributed by atoms with Crippen LogP contribution in [-0.4, -0.2) is 34.2 Å². The van der Waals surface area contributed by atoms with E-state index in [1.807, 2.05) is 12.1 Å². The van der Waals surface area contributed by atoms with E-state index in [0.717, 1.165) is 18.4 Å². The van der Waals surface area contributed by atoms with E-state index >= 15 is 0 Å². The maximum Gasteiger partial charge on any atom is 0.411 e. The largest absolute Gasteiger partial charge is 0.479 e. The van der Waals surface area contributed by atoms with Crippen LogP contribution in [0.15, 0.2) is 18.2 Å². The summed E-state index contributed by atoms with van der Waals surface area (Å²) < 4.78 is 5.36.